The summed E-state index contributed by atoms with van der Waals surface area (Å²) in [6, 6.07) is 16.5. The second-order valence-corrected chi connectivity index (χ2v) is 7.70. The molecule has 0 radical (unpaired) electrons. The molecule has 0 saturated carbocycles. The lowest BCUT2D eigenvalue weighted by Crippen LogP contribution is -2.45. The van der Waals surface area contributed by atoms with E-state index in [0.717, 1.165) is 28.7 Å². The third kappa shape index (κ3) is 4.96. The van der Waals surface area contributed by atoms with Crippen LogP contribution >= 0.6 is 0 Å². The van der Waals surface area contributed by atoms with Crippen LogP contribution in [0.2, 0.25) is 0 Å². The predicted octanol–water partition coefficient (Wildman–Crippen LogP) is 4.84. The number of halogens is 3. The number of nitrogens with zero attached hydrogens (tertiary/aromatic N) is 2. The zero-order chi connectivity index (χ0) is 21.8. The lowest BCUT2D eigenvalue weighted by Gasteiger charge is -2.35. The molecule has 0 unspecified atom stereocenters. The Morgan fingerprint density at radius 1 is 1.03 bits per heavy atom. The second-order valence-electron chi connectivity index (χ2n) is 7.70. The van der Waals surface area contributed by atoms with Gasteiger partial charge in [0.25, 0.3) is 0 Å². The van der Waals surface area contributed by atoms with Crippen molar-refractivity contribution in [1.82, 2.24) is 15.3 Å². The molecule has 0 aliphatic carbocycles. The highest BCUT2D eigenvalue weighted by molar-refractivity contribution is 5.67. The number of hydrogen-bond acceptors (Lipinski definition) is 5. The van der Waals surface area contributed by atoms with Gasteiger partial charge in [-0.1, -0.05) is 43.3 Å². The van der Waals surface area contributed by atoms with Gasteiger partial charge in [0.1, 0.15) is 11.5 Å². The molecule has 0 bridgehead atoms. The molecule has 0 spiro atoms. The highest BCUT2D eigenvalue weighted by Crippen LogP contribution is 2.30. The molecule has 8 heteroatoms. The molecule has 0 fully saturated rings. The molecule has 4 rings (SSSR count). The Labute approximate surface area is 179 Å². The monoisotopic (exact) mass is 427 g/mol. The first-order chi connectivity index (χ1) is 14.9. The van der Waals surface area contributed by atoms with E-state index in [-0.39, 0.29) is 18.0 Å². The number of rotatable bonds is 6. The standard InChI is InChI=1S/C23H24F3N5/c1-15(17-9-10-20(29-13-17)23(24,25)26)12-30-21(16-6-3-2-4-7-16)19-14-28-18-8-5-11-27-22(18)31-19/h2-11,13,15,19,21,28,30H,12,14H2,1H3,(H,27,31)/t15-,19+,21+/m0/s1. The van der Waals surface area contributed by atoms with E-state index in [1.807, 2.05) is 37.3 Å². The van der Waals surface area contributed by atoms with Crippen molar-refractivity contribution in [2.75, 3.05) is 23.7 Å². The third-order valence-electron chi connectivity index (χ3n) is 5.49. The number of aromatic nitrogens is 2. The van der Waals surface area contributed by atoms with Crippen molar-refractivity contribution < 1.29 is 13.2 Å². The van der Waals surface area contributed by atoms with Gasteiger partial charge in [-0.2, -0.15) is 13.2 Å². The van der Waals surface area contributed by atoms with E-state index < -0.39 is 11.9 Å². The molecule has 0 saturated heterocycles. The average Bonchev–Trinajstić information content (AvgIpc) is 2.79. The molecule has 31 heavy (non-hydrogen) atoms. The maximum atomic E-state index is 12.8. The number of pyridine rings is 2. The van der Waals surface area contributed by atoms with Crippen molar-refractivity contribution in [2.24, 2.45) is 0 Å². The van der Waals surface area contributed by atoms with Gasteiger partial charge < -0.3 is 16.0 Å². The average molecular weight is 427 g/mol. The first-order valence-corrected chi connectivity index (χ1v) is 10.2. The molecule has 1 aliphatic rings. The van der Waals surface area contributed by atoms with Crippen LogP contribution in [0.3, 0.4) is 0 Å². The summed E-state index contributed by atoms with van der Waals surface area (Å²) in [4.78, 5) is 8.00. The zero-order valence-corrected chi connectivity index (χ0v) is 17.0. The molecule has 3 aromatic rings. The van der Waals surface area contributed by atoms with Gasteiger partial charge in [0.15, 0.2) is 0 Å². The number of fused-ring (bicyclic) bond motifs is 1. The molecule has 1 aromatic carbocycles. The van der Waals surface area contributed by atoms with Crippen LogP contribution in [-0.2, 0) is 6.18 Å². The van der Waals surface area contributed by atoms with E-state index in [1.165, 1.54) is 12.3 Å². The first-order valence-electron chi connectivity index (χ1n) is 10.2. The predicted molar refractivity (Wildman–Crippen MR) is 115 cm³/mol. The van der Waals surface area contributed by atoms with E-state index >= 15 is 0 Å². The maximum Gasteiger partial charge on any atom is 0.433 e. The summed E-state index contributed by atoms with van der Waals surface area (Å²) in [5.74, 6) is 0.796. The summed E-state index contributed by atoms with van der Waals surface area (Å²) < 4.78 is 38.3. The lowest BCUT2D eigenvalue weighted by molar-refractivity contribution is -0.141. The number of hydrogen-bond donors (Lipinski definition) is 3. The summed E-state index contributed by atoms with van der Waals surface area (Å²) >= 11 is 0. The van der Waals surface area contributed by atoms with Gasteiger partial charge in [0.05, 0.1) is 17.8 Å². The van der Waals surface area contributed by atoms with Gasteiger partial charge >= 0.3 is 6.18 Å². The Bertz CT molecular complexity index is 992. The van der Waals surface area contributed by atoms with Crippen molar-refractivity contribution in [1.29, 1.82) is 0 Å². The topological polar surface area (TPSA) is 61.9 Å². The molecule has 3 heterocycles. The van der Waals surface area contributed by atoms with E-state index in [9.17, 15) is 13.2 Å². The van der Waals surface area contributed by atoms with Gasteiger partial charge in [-0.3, -0.25) is 4.98 Å². The highest BCUT2D eigenvalue weighted by Gasteiger charge is 2.32. The van der Waals surface area contributed by atoms with Crippen molar-refractivity contribution in [2.45, 2.75) is 31.1 Å². The number of anilines is 2. The van der Waals surface area contributed by atoms with Crippen LogP contribution < -0.4 is 16.0 Å². The second kappa shape index (κ2) is 8.93. The molecular formula is C23H24F3N5. The van der Waals surface area contributed by atoms with Crippen LogP contribution in [0, 0.1) is 0 Å². The smallest absolute Gasteiger partial charge is 0.380 e. The molecule has 2 aromatic heterocycles. The van der Waals surface area contributed by atoms with Crippen LogP contribution in [0.4, 0.5) is 24.7 Å². The number of benzene rings is 1. The zero-order valence-electron chi connectivity index (χ0n) is 17.0. The van der Waals surface area contributed by atoms with Gasteiger partial charge in [-0.25, -0.2) is 4.98 Å². The lowest BCUT2D eigenvalue weighted by atomic mass is 9.96. The molecule has 1 aliphatic heterocycles. The molecule has 3 atom stereocenters. The van der Waals surface area contributed by atoms with Crippen LogP contribution in [0.25, 0.3) is 0 Å². The summed E-state index contributed by atoms with van der Waals surface area (Å²) in [6.45, 7) is 3.27. The van der Waals surface area contributed by atoms with Crippen molar-refractivity contribution in [3.63, 3.8) is 0 Å². The molecular weight excluding hydrogens is 403 g/mol. The minimum absolute atomic E-state index is 0.0112. The fraction of sp³-hybridized carbons (Fsp3) is 0.304. The Hall–Kier alpha value is -3.13. The summed E-state index contributed by atoms with van der Waals surface area (Å²) in [7, 11) is 0. The number of nitrogens with one attached hydrogen (secondary N) is 3. The largest absolute Gasteiger partial charge is 0.433 e. The van der Waals surface area contributed by atoms with E-state index in [2.05, 4.69) is 38.1 Å². The van der Waals surface area contributed by atoms with Crippen molar-refractivity contribution >= 4 is 11.5 Å². The van der Waals surface area contributed by atoms with Crippen LogP contribution in [-0.4, -0.2) is 29.1 Å². The van der Waals surface area contributed by atoms with E-state index in [4.69, 9.17) is 0 Å². The van der Waals surface area contributed by atoms with Gasteiger partial charge in [-0.05, 0) is 35.2 Å². The first kappa shape index (κ1) is 21.1. The van der Waals surface area contributed by atoms with Gasteiger partial charge in [0, 0.05) is 25.5 Å². The highest BCUT2D eigenvalue weighted by atomic mass is 19.4. The number of alkyl halides is 3. The fourth-order valence-corrected chi connectivity index (χ4v) is 3.75. The van der Waals surface area contributed by atoms with E-state index in [1.54, 1.807) is 6.20 Å². The van der Waals surface area contributed by atoms with Gasteiger partial charge in [0.2, 0.25) is 0 Å². The van der Waals surface area contributed by atoms with E-state index in [0.29, 0.717) is 13.1 Å². The fourth-order valence-electron chi connectivity index (χ4n) is 3.75. The summed E-state index contributed by atoms with van der Waals surface area (Å²) in [5, 5.41) is 10.5. The van der Waals surface area contributed by atoms with Crippen LogP contribution in [0.5, 0.6) is 0 Å². The Morgan fingerprint density at radius 2 is 1.84 bits per heavy atom. The Balaban J connectivity index is 1.48. The SMILES string of the molecule is C[C@@H](CN[C@H](c1ccccc1)[C@H]1CNc2cccnc2N1)c1ccc(C(F)(F)F)nc1. The van der Waals surface area contributed by atoms with Crippen molar-refractivity contribution in [3.8, 4) is 0 Å². The quantitative estimate of drug-likeness (QED) is 0.526. The molecule has 162 valence electrons. The normalized spacial score (nSPS) is 17.7. The third-order valence-corrected chi connectivity index (χ3v) is 5.49. The summed E-state index contributed by atoms with van der Waals surface area (Å²) in [5.41, 5.74) is 1.98. The molecule has 5 nitrogen and oxygen atoms in total. The summed E-state index contributed by atoms with van der Waals surface area (Å²) in [6.07, 6.45) is -1.36. The molecule has 3 N–H and O–H groups in total. The van der Waals surface area contributed by atoms with Crippen LogP contribution in [0.15, 0.2) is 67.0 Å². The minimum atomic E-state index is -4.43. The minimum Gasteiger partial charge on any atom is -0.380 e. The molecule has 0 amide bonds. The Morgan fingerprint density at radius 3 is 2.55 bits per heavy atom. The Kier molecular flexibility index (Phi) is 6.08. The maximum absolute atomic E-state index is 12.8. The van der Waals surface area contributed by atoms with Crippen LogP contribution in [0.1, 0.15) is 35.7 Å². The van der Waals surface area contributed by atoms with Gasteiger partial charge in [-0.15, -0.1) is 0 Å². The van der Waals surface area contributed by atoms with Crippen molar-refractivity contribution in [3.05, 3.63) is 83.8 Å².